The molecule has 3 nitrogen and oxygen atoms in total. The third-order valence-electron chi connectivity index (χ3n) is 4.69. The monoisotopic (exact) mass is 413 g/mol. The minimum Gasteiger partial charge on any atom is -0.367 e. The Morgan fingerprint density at radius 2 is 1.81 bits per heavy atom. The fraction of sp³-hybridized carbons (Fsp3) is 0.450. The number of benzene rings is 1. The number of nitrogens with zero attached hydrogens (tertiary/aromatic N) is 2. The van der Waals surface area contributed by atoms with Crippen LogP contribution in [0.1, 0.15) is 33.6 Å². The molecule has 1 atom stereocenters. The molecule has 1 aromatic carbocycles. The summed E-state index contributed by atoms with van der Waals surface area (Å²) in [5.74, 6) is 1.03. The van der Waals surface area contributed by atoms with Crippen LogP contribution in [0, 0.1) is 0 Å². The lowest BCUT2D eigenvalue weighted by molar-refractivity contribution is 0.295. The van der Waals surface area contributed by atoms with Gasteiger partial charge < -0.3 is 10.2 Å². The molecule has 0 fully saturated rings. The quantitative estimate of drug-likeness (QED) is 0.475. The van der Waals surface area contributed by atoms with E-state index in [1.165, 1.54) is 28.4 Å². The van der Waals surface area contributed by atoms with Gasteiger partial charge in [0, 0.05) is 21.5 Å². The van der Waals surface area contributed by atoms with Crippen molar-refractivity contribution in [3.63, 3.8) is 0 Å². The molecular formula is C20H29Cl2N3S. The zero-order chi connectivity index (χ0) is 16.9. The summed E-state index contributed by atoms with van der Waals surface area (Å²) in [4.78, 5) is 7.36. The molecule has 0 aliphatic rings. The highest BCUT2D eigenvalue weighted by molar-refractivity contribution is 7.18. The zero-order valence-electron chi connectivity index (χ0n) is 15.7. The summed E-state index contributed by atoms with van der Waals surface area (Å²) < 4.78 is 1.33. The second-order valence-electron chi connectivity index (χ2n) is 6.36. The summed E-state index contributed by atoms with van der Waals surface area (Å²) in [5, 5.41) is 8.31. The highest BCUT2D eigenvalue weighted by Gasteiger charge is 2.11. The summed E-state index contributed by atoms with van der Waals surface area (Å²) in [6, 6.07) is 11.0. The first-order chi connectivity index (χ1) is 11.7. The summed E-state index contributed by atoms with van der Waals surface area (Å²) in [6.07, 6.45) is 2.38. The van der Waals surface area contributed by atoms with Crippen molar-refractivity contribution in [3.05, 3.63) is 35.7 Å². The first kappa shape index (κ1) is 23.0. The average Bonchev–Trinajstić information content (AvgIpc) is 3.09. The SMILES string of the molecule is CCN(CC)CCCC(C)Nc1nc2ccccc2c2sccc12.Cl.Cl. The zero-order valence-corrected chi connectivity index (χ0v) is 18.1. The van der Waals surface area contributed by atoms with Gasteiger partial charge in [-0.05, 0) is 56.9 Å². The van der Waals surface area contributed by atoms with Crippen LogP contribution in [0.15, 0.2) is 35.7 Å². The Morgan fingerprint density at radius 3 is 2.54 bits per heavy atom. The van der Waals surface area contributed by atoms with Gasteiger partial charge in [0.1, 0.15) is 5.82 Å². The number of rotatable bonds is 8. The maximum atomic E-state index is 4.88. The maximum Gasteiger partial charge on any atom is 0.135 e. The normalized spacial score (nSPS) is 12.0. The molecule has 0 spiro atoms. The van der Waals surface area contributed by atoms with Gasteiger partial charge in [0.25, 0.3) is 0 Å². The molecule has 1 N–H and O–H groups in total. The first-order valence-corrected chi connectivity index (χ1v) is 9.85. The third-order valence-corrected chi connectivity index (χ3v) is 5.64. The molecule has 2 heterocycles. The molecule has 144 valence electrons. The summed E-state index contributed by atoms with van der Waals surface area (Å²) in [7, 11) is 0. The Morgan fingerprint density at radius 1 is 1.08 bits per heavy atom. The Kier molecular flexibility index (Phi) is 9.66. The molecule has 6 heteroatoms. The van der Waals surface area contributed by atoms with Crippen LogP contribution in [-0.4, -0.2) is 35.6 Å². The van der Waals surface area contributed by atoms with Crippen molar-refractivity contribution in [2.24, 2.45) is 0 Å². The third kappa shape index (κ3) is 5.23. The lowest BCUT2D eigenvalue weighted by atomic mass is 10.1. The standard InChI is InChI=1S/C20H27N3S.2ClH/c1-4-23(5-2)13-8-9-15(3)21-20-17-12-14-24-19(17)16-10-6-7-11-18(16)22-20;;/h6-7,10-12,14-15H,4-5,8-9,13H2,1-3H3,(H,21,22);2*1H. The molecule has 3 rings (SSSR count). The van der Waals surface area contributed by atoms with E-state index in [9.17, 15) is 0 Å². The van der Waals surface area contributed by atoms with E-state index in [1.54, 1.807) is 11.3 Å². The average molecular weight is 414 g/mol. The second-order valence-corrected chi connectivity index (χ2v) is 7.27. The van der Waals surface area contributed by atoms with Crippen molar-refractivity contribution >= 4 is 63.0 Å². The van der Waals surface area contributed by atoms with Crippen LogP contribution in [0.4, 0.5) is 5.82 Å². The molecule has 2 aromatic heterocycles. The maximum absolute atomic E-state index is 4.88. The van der Waals surface area contributed by atoms with Crippen LogP contribution >= 0.6 is 36.2 Å². The Balaban J connectivity index is 0.00000169. The van der Waals surface area contributed by atoms with Gasteiger partial charge >= 0.3 is 0 Å². The van der Waals surface area contributed by atoms with E-state index >= 15 is 0 Å². The van der Waals surface area contributed by atoms with Crippen molar-refractivity contribution in [1.82, 2.24) is 9.88 Å². The molecule has 0 aliphatic carbocycles. The fourth-order valence-corrected chi connectivity index (χ4v) is 4.16. The lowest BCUT2D eigenvalue weighted by Crippen LogP contribution is -2.25. The molecule has 0 radical (unpaired) electrons. The van der Waals surface area contributed by atoms with Gasteiger partial charge in [-0.1, -0.05) is 32.0 Å². The Bertz CT molecular complexity index is 802. The van der Waals surface area contributed by atoms with E-state index in [0.29, 0.717) is 6.04 Å². The van der Waals surface area contributed by atoms with Gasteiger partial charge in [0.2, 0.25) is 0 Å². The molecular weight excluding hydrogens is 385 g/mol. The second kappa shape index (κ2) is 10.9. The van der Waals surface area contributed by atoms with Crippen molar-refractivity contribution < 1.29 is 0 Å². The summed E-state index contributed by atoms with van der Waals surface area (Å²) in [6.45, 7) is 10.2. The lowest BCUT2D eigenvalue weighted by Gasteiger charge is -2.20. The Hall–Kier alpha value is -1.07. The van der Waals surface area contributed by atoms with E-state index in [1.807, 2.05) is 0 Å². The molecule has 0 amide bonds. The molecule has 0 saturated carbocycles. The molecule has 0 bridgehead atoms. The van der Waals surface area contributed by atoms with E-state index in [0.717, 1.165) is 30.8 Å². The number of para-hydroxylation sites is 1. The van der Waals surface area contributed by atoms with Gasteiger partial charge in [0.05, 0.1) is 5.52 Å². The minimum absolute atomic E-state index is 0. The van der Waals surface area contributed by atoms with Gasteiger partial charge in [-0.25, -0.2) is 4.98 Å². The number of nitrogens with one attached hydrogen (secondary N) is 1. The van der Waals surface area contributed by atoms with Crippen LogP contribution in [0.3, 0.4) is 0 Å². The number of pyridine rings is 1. The number of hydrogen-bond acceptors (Lipinski definition) is 4. The number of thiophene rings is 1. The van der Waals surface area contributed by atoms with Crippen molar-refractivity contribution in [3.8, 4) is 0 Å². The van der Waals surface area contributed by atoms with E-state index < -0.39 is 0 Å². The Labute approximate surface area is 173 Å². The molecule has 3 aromatic rings. The highest BCUT2D eigenvalue weighted by atomic mass is 35.5. The van der Waals surface area contributed by atoms with Crippen LogP contribution < -0.4 is 5.32 Å². The topological polar surface area (TPSA) is 28.2 Å². The number of anilines is 1. The summed E-state index contributed by atoms with van der Waals surface area (Å²) >= 11 is 1.80. The minimum atomic E-state index is 0. The largest absolute Gasteiger partial charge is 0.367 e. The number of hydrogen-bond donors (Lipinski definition) is 1. The number of aromatic nitrogens is 1. The van der Waals surface area contributed by atoms with Gasteiger partial charge in [-0.15, -0.1) is 36.2 Å². The number of fused-ring (bicyclic) bond motifs is 3. The highest BCUT2D eigenvalue weighted by Crippen LogP contribution is 2.33. The van der Waals surface area contributed by atoms with E-state index in [-0.39, 0.29) is 24.8 Å². The van der Waals surface area contributed by atoms with Crippen molar-refractivity contribution in [1.29, 1.82) is 0 Å². The van der Waals surface area contributed by atoms with Crippen molar-refractivity contribution in [2.45, 2.75) is 39.7 Å². The smallest absolute Gasteiger partial charge is 0.135 e. The van der Waals surface area contributed by atoms with Gasteiger partial charge in [-0.2, -0.15) is 0 Å². The van der Waals surface area contributed by atoms with Crippen molar-refractivity contribution in [2.75, 3.05) is 25.0 Å². The molecule has 26 heavy (non-hydrogen) atoms. The first-order valence-electron chi connectivity index (χ1n) is 8.97. The number of halogens is 2. The van der Waals surface area contributed by atoms with E-state index in [4.69, 9.17) is 4.98 Å². The van der Waals surface area contributed by atoms with Gasteiger partial charge in [-0.3, -0.25) is 0 Å². The predicted molar refractivity (Wildman–Crippen MR) is 122 cm³/mol. The molecule has 0 aliphatic heterocycles. The van der Waals surface area contributed by atoms with Crippen LogP contribution in [-0.2, 0) is 0 Å². The van der Waals surface area contributed by atoms with Crippen LogP contribution in [0.2, 0.25) is 0 Å². The predicted octanol–water partition coefficient (Wildman–Crippen LogP) is 6.22. The van der Waals surface area contributed by atoms with E-state index in [2.05, 4.69) is 66.7 Å². The summed E-state index contributed by atoms with van der Waals surface area (Å²) in [5.41, 5.74) is 1.07. The van der Waals surface area contributed by atoms with Crippen LogP contribution in [0.25, 0.3) is 21.0 Å². The fourth-order valence-electron chi connectivity index (χ4n) is 3.22. The molecule has 1 unspecified atom stereocenters. The molecule has 0 saturated heterocycles. The van der Waals surface area contributed by atoms with Crippen LogP contribution in [0.5, 0.6) is 0 Å². The van der Waals surface area contributed by atoms with Gasteiger partial charge in [0.15, 0.2) is 0 Å².